The van der Waals surface area contributed by atoms with Gasteiger partial charge in [-0.25, -0.2) is 4.68 Å². The molecule has 0 aliphatic heterocycles. The molecule has 1 aromatic heterocycles. The third kappa shape index (κ3) is 2.63. The van der Waals surface area contributed by atoms with Gasteiger partial charge in [-0.1, -0.05) is 18.2 Å². The van der Waals surface area contributed by atoms with Crippen LogP contribution in [0.15, 0.2) is 24.3 Å². The van der Waals surface area contributed by atoms with Gasteiger partial charge in [0.25, 0.3) is 0 Å². The summed E-state index contributed by atoms with van der Waals surface area (Å²) < 4.78 is 2.09. The number of nitrogens with zero attached hydrogens (tertiary/aromatic N) is 2. The lowest BCUT2D eigenvalue weighted by Gasteiger charge is -2.08. The average Bonchev–Trinajstić information content (AvgIpc) is 3.21. The van der Waals surface area contributed by atoms with Crippen molar-refractivity contribution in [2.45, 2.75) is 46.1 Å². The number of hydrogen-bond donors (Lipinski definition) is 1. The third-order valence-electron chi connectivity index (χ3n) is 4.17. The molecule has 1 aromatic carbocycles. The lowest BCUT2D eigenvalue weighted by molar-refractivity contribution is 0.679. The molecule has 0 unspecified atom stereocenters. The maximum atomic E-state index is 4.74. The van der Waals surface area contributed by atoms with Gasteiger partial charge in [-0.05, 0) is 63.8 Å². The number of para-hydroxylation sites is 1. The van der Waals surface area contributed by atoms with E-state index < -0.39 is 0 Å². The minimum absolute atomic E-state index is 0.780. The number of benzene rings is 1. The fraction of sp³-hybridized carbons (Fsp3) is 0.471. The van der Waals surface area contributed by atoms with Gasteiger partial charge in [-0.2, -0.15) is 5.10 Å². The molecule has 1 saturated carbocycles. The van der Waals surface area contributed by atoms with Crippen LogP contribution in [-0.4, -0.2) is 22.4 Å². The Morgan fingerprint density at radius 1 is 1.20 bits per heavy atom. The Bertz CT molecular complexity index is 609. The topological polar surface area (TPSA) is 29.9 Å². The number of aryl methyl sites for hydroxylation is 2. The van der Waals surface area contributed by atoms with E-state index in [0.29, 0.717) is 0 Å². The van der Waals surface area contributed by atoms with E-state index in [0.717, 1.165) is 24.7 Å². The minimum Gasteiger partial charge on any atom is -0.314 e. The smallest absolute Gasteiger partial charge is 0.0678 e. The van der Waals surface area contributed by atoms with Gasteiger partial charge in [0.05, 0.1) is 11.4 Å². The first-order chi connectivity index (χ1) is 9.66. The zero-order valence-corrected chi connectivity index (χ0v) is 12.6. The Morgan fingerprint density at radius 3 is 2.65 bits per heavy atom. The summed E-state index contributed by atoms with van der Waals surface area (Å²) in [6.07, 6.45) is 3.76. The fourth-order valence-electron chi connectivity index (χ4n) is 2.76. The second-order valence-electron chi connectivity index (χ2n) is 5.83. The van der Waals surface area contributed by atoms with E-state index in [1.165, 1.54) is 35.3 Å². The van der Waals surface area contributed by atoms with Gasteiger partial charge in [0.1, 0.15) is 0 Å². The van der Waals surface area contributed by atoms with Crippen molar-refractivity contribution in [1.29, 1.82) is 0 Å². The molecule has 2 aromatic rings. The zero-order valence-electron chi connectivity index (χ0n) is 12.6. The number of rotatable bonds is 5. The Morgan fingerprint density at radius 2 is 1.95 bits per heavy atom. The second kappa shape index (κ2) is 5.41. The van der Waals surface area contributed by atoms with Crippen molar-refractivity contribution >= 4 is 0 Å². The zero-order chi connectivity index (χ0) is 14.1. The molecule has 1 heterocycles. The molecule has 0 spiro atoms. The summed E-state index contributed by atoms with van der Waals surface area (Å²) in [7, 11) is 0. The Hall–Kier alpha value is -1.61. The summed E-state index contributed by atoms with van der Waals surface area (Å²) in [5.74, 6) is 0. The van der Waals surface area contributed by atoms with Gasteiger partial charge in [0.2, 0.25) is 0 Å². The molecule has 106 valence electrons. The van der Waals surface area contributed by atoms with E-state index in [2.05, 4.69) is 55.0 Å². The fourth-order valence-corrected chi connectivity index (χ4v) is 2.76. The van der Waals surface area contributed by atoms with Gasteiger partial charge in [-0.3, -0.25) is 0 Å². The Kier molecular flexibility index (Phi) is 3.62. The molecule has 0 amide bonds. The van der Waals surface area contributed by atoms with Crippen molar-refractivity contribution < 1.29 is 0 Å². The van der Waals surface area contributed by atoms with Crippen LogP contribution in [0, 0.1) is 20.8 Å². The maximum absolute atomic E-state index is 4.74. The molecule has 1 aliphatic carbocycles. The van der Waals surface area contributed by atoms with Crippen LogP contribution >= 0.6 is 0 Å². The van der Waals surface area contributed by atoms with Gasteiger partial charge in [-0.15, -0.1) is 0 Å². The Labute approximate surface area is 121 Å². The minimum atomic E-state index is 0.780. The van der Waals surface area contributed by atoms with E-state index in [1.807, 2.05) is 0 Å². The number of nitrogens with one attached hydrogen (secondary N) is 1. The molecule has 0 atom stereocenters. The van der Waals surface area contributed by atoms with Crippen molar-refractivity contribution in [1.82, 2.24) is 15.1 Å². The summed E-state index contributed by atoms with van der Waals surface area (Å²) in [6, 6.07) is 9.21. The standard InChI is InChI=1S/C17H23N3/c1-12-6-4-5-7-17(12)20-14(3)16(13(2)19-20)10-11-18-15-8-9-15/h4-7,15,18H,8-11H2,1-3H3. The van der Waals surface area contributed by atoms with E-state index >= 15 is 0 Å². The highest BCUT2D eigenvalue weighted by atomic mass is 15.3. The van der Waals surface area contributed by atoms with Gasteiger partial charge in [0.15, 0.2) is 0 Å². The maximum Gasteiger partial charge on any atom is 0.0678 e. The summed E-state index contributed by atoms with van der Waals surface area (Å²) in [4.78, 5) is 0. The molecule has 3 nitrogen and oxygen atoms in total. The first kappa shape index (κ1) is 13.4. The molecule has 0 bridgehead atoms. The molecular weight excluding hydrogens is 246 g/mol. The molecule has 0 radical (unpaired) electrons. The summed E-state index contributed by atoms with van der Waals surface area (Å²) in [5.41, 5.74) is 6.27. The average molecular weight is 269 g/mol. The van der Waals surface area contributed by atoms with Crippen LogP contribution in [0.25, 0.3) is 5.69 Å². The first-order valence-corrected chi connectivity index (χ1v) is 7.51. The SMILES string of the molecule is Cc1ccccc1-n1nc(C)c(CCNC2CC2)c1C. The van der Waals surface area contributed by atoms with Gasteiger partial charge < -0.3 is 5.32 Å². The second-order valence-corrected chi connectivity index (χ2v) is 5.83. The highest BCUT2D eigenvalue weighted by Gasteiger charge is 2.20. The molecule has 3 heteroatoms. The van der Waals surface area contributed by atoms with Crippen molar-refractivity contribution in [3.05, 3.63) is 46.8 Å². The molecular formula is C17H23N3. The third-order valence-corrected chi connectivity index (χ3v) is 4.17. The van der Waals surface area contributed by atoms with E-state index in [9.17, 15) is 0 Å². The van der Waals surface area contributed by atoms with Crippen molar-refractivity contribution in [2.24, 2.45) is 0 Å². The molecule has 0 saturated heterocycles. The highest BCUT2D eigenvalue weighted by molar-refractivity contribution is 5.42. The van der Waals surface area contributed by atoms with Gasteiger partial charge >= 0.3 is 0 Å². The van der Waals surface area contributed by atoms with Crippen LogP contribution in [0.3, 0.4) is 0 Å². The lowest BCUT2D eigenvalue weighted by atomic mass is 10.1. The summed E-state index contributed by atoms with van der Waals surface area (Å²) >= 11 is 0. The predicted octanol–water partition coefficient (Wildman–Crippen LogP) is 3.09. The van der Waals surface area contributed by atoms with Crippen molar-refractivity contribution in [3.63, 3.8) is 0 Å². The lowest BCUT2D eigenvalue weighted by Crippen LogP contribution is -2.19. The highest BCUT2D eigenvalue weighted by Crippen LogP contribution is 2.22. The molecule has 1 fully saturated rings. The number of aromatic nitrogens is 2. The van der Waals surface area contributed by atoms with Crippen molar-refractivity contribution in [3.8, 4) is 5.69 Å². The van der Waals surface area contributed by atoms with E-state index in [-0.39, 0.29) is 0 Å². The normalized spacial score (nSPS) is 14.8. The monoisotopic (exact) mass is 269 g/mol. The molecule has 1 N–H and O–H groups in total. The first-order valence-electron chi connectivity index (χ1n) is 7.51. The van der Waals surface area contributed by atoms with E-state index in [1.54, 1.807) is 0 Å². The summed E-state index contributed by atoms with van der Waals surface area (Å²) in [6.45, 7) is 7.50. The molecule has 1 aliphatic rings. The van der Waals surface area contributed by atoms with Crippen molar-refractivity contribution in [2.75, 3.05) is 6.54 Å². The number of hydrogen-bond acceptors (Lipinski definition) is 2. The Balaban J connectivity index is 1.83. The summed E-state index contributed by atoms with van der Waals surface area (Å²) in [5, 5.41) is 8.33. The van der Waals surface area contributed by atoms with Gasteiger partial charge in [0, 0.05) is 11.7 Å². The van der Waals surface area contributed by atoms with Crippen LogP contribution in [0.4, 0.5) is 0 Å². The van der Waals surface area contributed by atoms with Crippen LogP contribution in [-0.2, 0) is 6.42 Å². The van der Waals surface area contributed by atoms with Crippen LogP contribution in [0.1, 0.15) is 35.4 Å². The largest absolute Gasteiger partial charge is 0.314 e. The quantitative estimate of drug-likeness (QED) is 0.904. The van der Waals surface area contributed by atoms with Crippen LogP contribution in [0.2, 0.25) is 0 Å². The predicted molar refractivity (Wildman–Crippen MR) is 82.5 cm³/mol. The van der Waals surface area contributed by atoms with E-state index in [4.69, 9.17) is 5.10 Å². The van der Waals surface area contributed by atoms with Crippen LogP contribution < -0.4 is 5.32 Å². The molecule has 20 heavy (non-hydrogen) atoms. The molecule has 3 rings (SSSR count). The van der Waals surface area contributed by atoms with Crippen LogP contribution in [0.5, 0.6) is 0 Å².